The maximum Gasteiger partial charge on any atom is 0.258 e. The molecule has 2 aromatic carbocycles. The molecule has 118 valence electrons. The minimum atomic E-state index is -0.158. The van der Waals surface area contributed by atoms with E-state index in [2.05, 4.69) is 5.32 Å². The van der Waals surface area contributed by atoms with Crippen molar-refractivity contribution >= 4 is 34.8 Å². The van der Waals surface area contributed by atoms with Gasteiger partial charge in [0.1, 0.15) is 0 Å². The maximum absolute atomic E-state index is 12.6. The van der Waals surface area contributed by atoms with Crippen molar-refractivity contribution in [1.82, 2.24) is 0 Å². The van der Waals surface area contributed by atoms with Crippen LogP contribution in [0.1, 0.15) is 23.2 Å². The van der Waals surface area contributed by atoms with Crippen LogP contribution in [0.15, 0.2) is 48.5 Å². The Bertz CT molecular complexity index is 742. The van der Waals surface area contributed by atoms with Gasteiger partial charge in [-0.05, 0) is 43.2 Å². The highest BCUT2D eigenvalue weighted by molar-refractivity contribution is 6.34. The Morgan fingerprint density at radius 1 is 1.13 bits per heavy atom. The Morgan fingerprint density at radius 2 is 1.83 bits per heavy atom. The Balaban J connectivity index is 1.81. The quantitative estimate of drug-likeness (QED) is 0.923. The number of carbonyl (C=O) groups excluding carboxylic acids is 2. The second kappa shape index (κ2) is 6.42. The van der Waals surface area contributed by atoms with Crippen LogP contribution in [-0.2, 0) is 4.79 Å². The topological polar surface area (TPSA) is 49.4 Å². The molecule has 1 N–H and O–H groups in total. The highest BCUT2D eigenvalue weighted by Crippen LogP contribution is 2.32. The van der Waals surface area contributed by atoms with Crippen LogP contribution in [0.5, 0.6) is 0 Å². The predicted octanol–water partition coefficient (Wildman–Crippen LogP) is 3.97. The van der Waals surface area contributed by atoms with Crippen LogP contribution in [0.2, 0.25) is 5.02 Å². The largest absolute Gasteiger partial charge is 0.325 e. The summed E-state index contributed by atoms with van der Waals surface area (Å²) in [5, 5.41) is 3.23. The number of para-hydroxylation sites is 1. The van der Waals surface area contributed by atoms with Crippen molar-refractivity contribution in [2.45, 2.75) is 12.8 Å². The fourth-order valence-electron chi connectivity index (χ4n) is 2.30. The van der Waals surface area contributed by atoms with Crippen molar-refractivity contribution in [2.75, 3.05) is 17.3 Å². The third-order valence-electron chi connectivity index (χ3n) is 3.87. The number of nitrogens with one attached hydrogen (secondary N) is 1. The molecule has 0 bridgehead atoms. The van der Waals surface area contributed by atoms with E-state index in [0.29, 0.717) is 16.3 Å². The highest BCUT2D eigenvalue weighted by Gasteiger charge is 2.30. The normalized spacial score (nSPS) is 13.5. The molecule has 0 saturated heterocycles. The van der Waals surface area contributed by atoms with Crippen molar-refractivity contribution in [2.24, 2.45) is 5.92 Å². The lowest BCUT2D eigenvalue weighted by molar-refractivity contribution is -0.117. The number of amides is 2. The summed E-state index contributed by atoms with van der Waals surface area (Å²) in [7, 11) is 1.72. The molecule has 1 fully saturated rings. The molecule has 0 spiro atoms. The summed E-state index contributed by atoms with van der Waals surface area (Å²) in [6.45, 7) is 0. The van der Waals surface area contributed by atoms with Crippen molar-refractivity contribution in [3.8, 4) is 0 Å². The number of nitrogens with zero attached hydrogens (tertiary/aromatic N) is 1. The summed E-state index contributed by atoms with van der Waals surface area (Å²) < 4.78 is 0. The Hall–Kier alpha value is -2.33. The molecule has 1 aliphatic carbocycles. The zero-order valence-electron chi connectivity index (χ0n) is 12.8. The van der Waals surface area contributed by atoms with E-state index in [4.69, 9.17) is 11.6 Å². The van der Waals surface area contributed by atoms with E-state index < -0.39 is 0 Å². The minimum Gasteiger partial charge on any atom is -0.325 e. The van der Waals surface area contributed by atoms with Crippen molar-refractivity contribution in [3.63, 3.8) is 0 Å². The number of hydrogen-bond donors (Lipinski definition) is 1. The van der Waals surface area contributed by atoms with E-state index in [-0.39, 0.29) is 17.7 Å². The smallest absolute Gasteiger partial charge is 0.258 e. The monoisotopic (exact) mass is 328 g/mol. The van der Waals surface area contributed by atoms with E-state index in [0.717, 1.165) is 18.5 Å². The van der Waals surface area contributed by atoms with Crippen LogP contribution < -0.4 is 10.2 Å². The first kappa shape index (κ1) is 15.6. The van der Waals surface area contributed by atoms with Gasteiger partial charge in [-0.15, -0.1) is 0 Å². The Morgan fingerprint density at radius 3 is 2.48 bits per heavy atom. The van der Waals surface area contributed by atoms with Gasteiger partial charge in [-0.3, -0.25) is 9.59 Å². The summed E-state index contributed by atoms with van der Waals surface area (Å²) in [5.41, 5.74) is 1.76. The highest BCUT2D eigenvalue weighted by atomic mass is 35.5. The molecule has 1 aliphatic rings. The molecule has 0 atom stereocenters. The number of halogens is 1. The van der Waals surface area contributed by atoms with Gasteiger partial charge in [0.05, 0.1) is 10.7 Å². The molecule has 5 heteroatoms. The van der Waals surface area contributed by atoms with Crippen molar-refractivity contribution in [1.29, 1.82) is 0 Å². The standard InChI is InChI=1S/C18H17ClN2O2/c1-21(14-5-3-2-4-6-14)18(23)13-9-10-15(19)16(11-13)20-17(22)12-7-8-12/h2-6,9-12H,7-8H2,1H3,(H,20,22). The summed E-state index contributed by atoms with van der Waals surface area (Å²) in [6, 6.07) is 14.3. The average Bonchev–Trinajstić information content (AvgIpc) is 3.41. The molecular weight excluding hydrogens is 312 g/mol. The summed E-state index contributed by atoms with van der Waals surface area (Å²) in [6.07, 6.45) is 1.83. The first-order chi connectivity index (χ1) is 11.1. The number of carbonyl (C=O) groups is 2. The molecule has 1 saturated carbocycles. The number of benzene rings is 2. The second-order valence-electron chi connectivity index (χ2n) is 5.66. The van der Waals surface area contributed by atoms with Gasteiger partial charge in [0.25, 0.3) is 5.91 Å². The summed E-state index contributed by atoms with van der Waals surface area (Å²) in [4.78, 5) is 26.1. The minimum absolute atomic E-state index is 0.0343. The third kappa shape index (κ3) is 3.54. The van der Waals surface area contributed by atoms with Crippen LogP contribution in [0.4, 0.5) is 11.4 Å². The van der Waals surface area contributed by atoms with E-state index in [1.165, 1.54) is 0 Å². The molecule has 0 aliphatic heterocycles. The van der Waals surface area contributed by atoms with E-state index in [1.807, 2.05) is 30.3 Å². The molecule has 0 aromatic heterocycles. The second-order valence-corrected chi connectivity index (χ2v) is 6.07. The summed E-state index contributed by atoms with van der Waals surface area (Å²) in [5.74, 6) is -0.111. The van der Waals surface area contributed by atoms with Gasteiger partial charge in [0.15, 0.2) is 0 Å². The van der Waals surface area contributed by atoms with Crippen LogP contribution in [0.3, 0.4) is 0 Å². The molecule has 0 radical (unpaired) electrons. The van der Waals surface area contributed by atoms with Gasteiger partial charge < -0.3 is 10.2 Å². The van der Waals surface area contributed by atoms with Crippen LogP contribution >= 0.6 is 11.6 Å². The molecule has 4 nitrogen and oxygen atoms in total. The predicted molar refractivity (Wildman–Crippen MR) is 92.0 cm³/mol. The van der Waals surface area contributed by atoms with E-state index in [9.17, 15) is 9.59 Å². The maximum atomic E-state index is 12.6. The van der Waals surface area contributed by atoms with Crippen LogP contribution in [0, 0.1) is 5.92 Å². The fraction of sp³-hybridized carbons (Fsp3) is 0.222. The van der Waals surface area contributed by atoms with E-state index in [1.54, 1.807) is 30.1 Å². The van der Waals surface area contributed by atoms with Crippen LogP contribution in [-0.4, -0.2) is 18.9 Å². The van der Waals surface area contributed by atoms with Gasteiger partial charge >= 0.3 is 0 Å². The fourth-order valence-corrected chi connectivity index (χ4v) is 2.46. The lowest BCUT2D eigenvalue weighted by Gasteiger charge is -2.18. The third-order valence-corrected chi connectivity index (χ3v) is 4.20. The SMILES string of the molecule is CN(C(=O)c1ccc(Cl)c(NC(=O)C2CC2)c1)c1ccccc1. The number of rotatable bonds is 4. The number of hydrogen-bond acceptors (Lipinski definition) is 2. The average molecular weight is 329 g/mol. The lowest BCUT2D eigenvalue weighted by atomic mass is 10.1. The first-order valence-corrected chi connectivity index (χ1v) is 7.87. The molecule has 3 rings (SSSR count). The lowest BCUT2D eigenvalue weighted by Crippen LogP contribution is -2.26. The van der Waals surface area contributed by atoms with Crippen LogP contribution in [0.25, 0.3) is 0 Å². The zero-order valence-corrected chi connectivity index (χ0v) is 13.5. The van der Waals surface area contributed by atoms with Gasteiger partial charge in [0.2, 0.25) is 5.91 Å². The molecule has 0 unspecified atom stereocenters. The molecular formula is C18H17ClN2O2. The Labute approximate surface area is 140 Å². The zero-order chi connectivity index (χ0) is 16.4. The Kier molecular flexibility index (Phi) is 4.35. The summed E-state index contributed by atoms with van der Waals surface area (Å²) >= 11 is 6.13. The molecule has 23 heavy (non-hydrogen) atoms. The number of anilines is 2. The molecule has 2 amide bonds. The van der Waals surface area contributed by atoms with Gasteiger partial charge in [-0.1, -0.05) is 29.8 Å². The van der Waals surface area contributed by atoms with Crippen molar-refractivity contribution in [3.05, 3.63) is 59.1 Å². The van der Waals surface area contributed by atoms with Crippen molar-refractivity contribution < 1.29 is 9.59 Å². The first-order valence-electron chi connectivity index (χ1n) is 7.50. The van der Waals surface area contributed by atoms with E-state index >= 15 is 0 Å². The van der Waals surface area contributed by atoms with Gasteiger partial charge in [-0.25, -0.2) is 0 Å². The van der Waals surface area contributed by atoms with Gasteiger partial charge in [-0.2, -0.15) is 0 Å². The molecule has 0 heterocycles. The van der Waals surface area contributed by atoms with Gasteiger partial charge in [0, 0.05) is 24.2 Å². The molecule has 2 aromatic rings.